The van der Waals surface area contributed by atoms with Gasteiger partial charge >= 0.3 is 0 Å². The zero-order valence-corrected chi connectivity index (χ0v) is 14.0. The molecule has 0 fully saturated rings. The van der Waals surface area contributed by atoms with Crippen molar-refractivity contribution >= 4 is 27.5 Å². The third-order valence-corrected chi connectivity index (χ3v) is 4.68. The molecular formula is C14H15ClN2O5S. The van der Waals surface area contributed by atoms with Gasteiger partial charge in [0.2, 0.25) is 10.0 Å². The minimum atomic E-state index is -3.77. The van der Waals surface area contributed by atoms with E-state index >= 15 is 0 Å². The molecule has 1 amide bonds. The van der Waals surface area contributed by atoms with Crippen molar-refractivity contribution in [3.8, 4) is 5.75 Å². The summed E-state index contributed by atoms with van der Waals surface area (Å²) in [5, 5.41) is 2.60. The molecule has 0 saturated carbocycles. The second kappa shape index (κ2) is 7.03. The molecule has 2 aromatic rings. The molecule has 0 spiro atoms. The molecule has 23 heavy (non-hydrogen) atoms. The van der Waals surface area contributed by atoms with Gasteiger partial charge in [-0.25, -0.2) is 13.1 Å². The lowest BCUT2D eigenvalue weighted by atomic mass is 10.3. The van der Waals surface area contributed by atoms with Crippen molar-refractivity contribution in [3.63, 3.8) is 0 Å². The molecule has 0 aliphatic rings. The molecule has 7 nitrogen and oxygen atoms in total. The maximum absolute atomic E-state index is 12.2. The Kier molecular flexibility index (Phi) is 5.30. The molecule has 0 unspecified atom stereocenters. The number of sulfonamides is 1. The van der Waals surface area contributed by atoms with E-state index in [0.29, 0.717) is 11.5 Å². The molecule has 124 valence electrons. The molecule has 2 rings (SSSR count). The van der Waals surface area contributed by atoms with Crippen LogP contribution in [0, 0.1) is 0 Å². The number of carbonyl (C=O) groups is 1. The van der Waals surface area contributed by atoms with Crippen LogP contribution in [0.15, 0.2) is 39.6 Å². The number of hydrogen-bond donors (Lipinski definition) is 2. The average molecular weight is 359 g/mol. The van der Waals surface area contributed by atoms with Crippen molar-refractivity contribution in [1.82, 2.24) is 10.0 Å². The lowest BCUT2D eigenvalue weighted by Crippen LogP contribution is -2.23. The topological polar surface area (TPSA) is 97.6 Å². The first kappa shape index (κ1) is 17.3. The largest absolute Gasteiger partial charge is 0.495 e. The molecule has 0 aliphatic heterocycles. The van der Waals surface area contributed by atoms with E-state index in [1.54, 1.807) is 0 Å². The second-order valence-electron chi connectivity index (χ2n) is 4.47. The van der Waals surface area contributed by atoms with Gasteiger partial charge in [0.05, 0.1) is 23.6 Å². The van der Waals surface area contributed by atoms with Crippen LogP contribution in [0.3, 0.4) is 0 Å². The smallest absolute Gasteiger partial charge is 0.286 e. The molecule has 1 aromatic carbocycles. The molecule has 1 aromatic heterocycles. The Hall–Kier alpha value is -2.03. The van der Waals surface area contributed by atoms with Gasteiger partial charge in [-0.3, -0.25) is 4.79 Å². The zero-order valence-electron chi connectivity index (χ0n) is 12.4. The first-order chi connectivity index (χ1) is 10.9. The predicted molar refractivity (Wildman–Crippen MR) is 84.1 cm³/mol. The van der Waals surface area contributed by atoms with Crippen LogP contribution < -0.4 is 14.8 Å². The fourth-order valence-corrected chi connectivity index (χ4v) is 3.12. The van der Waals surface area contributed by atoms with Gasteiger partial charge in [0.25, 0.3) is 5.91 Å². The SMILES string of the molecule is CNC(=O)c1ccc(CNS(=O)(=O)c2ccc(OC)c(Cl)c2)o1. The zero-order chi connectivity index (χ0) is 17.0. The van der Waals surface area contributed by atoms with Gasteiger partial charge in [0, 0.05) is 7.05 Å². The van der Waals surface area contributed by atoms with E-state index in [2.05, 4.69) is 10.0 Å². The summed E-state index contributed by atoms with van der Waals surface area (Å²) >= 11 is 5.93. The lowest BCUT2D eigenvalue weighted by Gasteiger charge is -2.08. The van der Waals surface area contributed by atoms with Crippen LogP contribution in [-0.2, 0) is 16.6 Å². The van der Waals surface area contributed by atoms with Crippen LogP contribution in [0.4, 0.5) is 0 Å². The molecule has 9 heteroatoms. The minimum absolute atomic E-state index is 0.00128. The molecular weight excluding hydrogens is 344 g/mol. The molecule has 0 aliphatic carbocycles. The van der Waals surface area contributed by atoms with E-state index in [1.165, 1.54) is 44.5 Å². The molecule has 0 radical (unpaired) electrons. The minimum Gasteiger partial charge on any atom is -0.495 e. The van der Waals surface area contributed by atoms with Gasteiger partial charge in [0.15, 0.2) is 5.76 Å². The van der Waals surface area contributed by atoms with Gasteiger partial charge < -0.3 is 14.5 Å². The van der Waals surface area contributed by atoms with Crippen LogP contribution in [0.5, 0.6) is 5.75 Å². The summed E-state index contributed by atoms with van der Waals surface area (Å²) in [6, 6.07) is 7.13. The molecule has 1 heterocycles. The van der Waals surface area contributed by atoms with E-state index in [0.717, 1.165) is 0 Å². The Morgan fingerprint density at radius 2 is 2.04 bits per heavy atom. The van der Waals surface area contributed by atoms with Crippen molar-refractivity contribution < 1.29 is 22.4 Å². The van der Waals surface area contributed by atoms with Crippen LogP contribution in [-0.4, -0.2) is 28.5 Å². The Balaban J connectivity index is 2.11. The molecule has 0 saturated heterocycles. The quantitative estimate of drug-likeness (QED) is 0.820. The van der Waals surface area contributed by atoms with Crippen molar-refractivity contribution in [2.24, 2.45) is 0 Å². The van der Waals surface area contributed by atoms with Gasteiger partial charge in [-0.15, -0.1) is 0 Å². The van der Waals surface area contributed by atoms with E-state index in [-0.39, 0.29) is 28.1 Å². The van der Waals surface area contributed by atoms with Crippen molar-refractivity contribution in [2.75, 3.05) is 14.2 Å². The van der Waals surface area contributed by atoms with E-state index in [9.17, 15) is 13.2 Å². The van der Waals surface area contributed by atoms with Crippen LogP contribution in [0.2, 0.25) is 5.02 Å². The third kappa shape index (κ3) is 4.04. The number of nitrogens with one attached hydrogen (secondary N) is 2. The second-order valence-corrected chi connectivity index (χ2v) is 6.64. The van der Waals surface area contributed by atoms with E-state index in [1.807, 2.05) is 0 Å². The summed E-state index contributed by atoms with van der Waals surface area (Å²) in [5.74, 6) is 0.411. The molecule has 0 bridgehead atoms. The van der Waals surface area contributed by atoms with Crippen molar-refractivity contribution in [1.29, 1.82) is 0 Å². The van der Waals surface area contributed by atoms with E-state index < -0.39 is 10.0 Å². The van der Waals surface area contributed by atoms with Gasteiger partial charge in [0.1, 0.15) is 11.5 Å². The third-order valence-electron chi connectivity index (χ3n) is 2.98. The average Bonchev–Trinajstić information content (AvgIpc) is 3.01. The summed E-state index contributed by atoms with van der Waals surface area (Å²) in [6.07, 6.45) is 0. The maximum atomic E-state index is 12.2. The van der Waals surface area contributed by atoms with Crippen LogP contribution in [0.1, 0.15) is 16.3 Å². The number of carbonyl (C=O) groups excluding carboxylic acids is 1. The number of halogens is 1. The maximum Gasteiger partial charge on any atom is 0.286 e. The monoisotopic (exact) mass is 358 g/mol. The van der Waals surface area contributed by atoms with Crippen molar-refractivity contribution in [3.05, 3.63) is 46.9 Å². The number of furan rings is 1. The highest BCUT2D eigenvalue weighted by atomic mass is 35.5. The summed E-state index contributed by atoms with van der Waals surface area (Å²) in [6.45, 7) is -0.0943. The van der Waals surface area contributed by atoms with E-state index in [4.69, 9.17) is 20.8 Å². The first-order valence-electron chi connectivity index (χ1n) is 6.51. The fraction of sp³-hybridized carbons (Fsp3) is 0.214. The molecule has 2 N–H and O–H groups in total. The van der Waals surface area contributed by atoms with Crippen molar-refractivity contribution in [2.45, 2.75) is 11.4 Å². The Morgan fingerprint density at radius 1 is 1.30 bits per heavy atom. The number of amides is 1. The molecule has 0 atom stereocenters. The number of methoxy groups -OCH3 is 1. The first-order valence-corrected chi connectivity index (χ1v) is 8.37. The predicted octanol–water partition coefficient (Wildman–Crippen LogP) is 1.78. The highest BCUT2D eigenvalue weighted by Crippen LogP contribution is 2.26. The number of hydrogen-bond acceptors (Lipinski definition) is 5. The fourth-order valence-electron chi connectivity index (χ4n) is 1.78. The lowest BCUT2D eigenvalue weighted by molar-refractivity contribution is 0.0934. The summed E-state index contributed by atoms with van der Waals surface area (Å²) < 4.78 is 37.0. The van der Waals surface area contributed by atoms with Crippen LogP contribution >= 0.6 is 11.6 Å². The summed E-state index contributed by atoms with van der Waals surface area (Å²) in [4.78, 5) is 11.4. The number of benzene rings is 1. The summed E-state index contributed by atoms with van der Waals surface area (Å²) in [7, 11) is -0.861. The highest BCUT2D eigenvalue weighted by molar-refractivity contribution is 7.89. The van der Waals surface area contributed by atoms with Gasteiger partial charge in [-0.1, -0.05) is 11.6 Å². The Morgan fingerprint density at radius 3 is 2.65 bits per heavy atom. The van der Waals surface area contributed by atoms with Crippen LogP contribution in [0.25, 0.3) is 0 Å². The summed E-state index contributed by atoms with van der Waals surface area (Å²) in [5.41, 5.74) is 0. The van der Waals surface area contributed by atoms with Gasteiger partial charge in [-0.05, 0) is 30.3 Å². The van der Waals surface area contributed by atoms with Gasteiger partial charge in [-0.2, -0.15) is 0 Å². The highest BCUT2D eigenvalue weighted by Gasteiger charge is 2.17. The Bertz CT molecular complexity index is 816. The number of rotatable bonds is 6. The Labute approximate surface area is 138 Å². The number of ether oxygens (including phenoxy) is 1. The normalized spacial score (nSPS) is 11.3. The standard InChI is InChI=1S/C14H15ClN2O5S/c1-16-14(18)13-5-3-9(22-13)8-17-23(19,20)10-4-6-12(21-2)11(15)7-10/h3-7,17H,8H2,1-2H3,(H,16,18).